The maximum atomic E-state index is 12.7. The number of benzene rings is 1. The van der Waals surface area contributed by atoms with E-state index in [-0.39, 0.29) is 35.2 Å². The Bertz CT molecular complexity index is 681. The molecule has 2 amide bonds. The van der Waals surface area contributed by atoms with Gasteiger partial charge in [0.05, 0.1) is 24.9 Å². The van der Waals surface area contributed by atoms with Gasteiger partial charge >= 0.3 is 12.1 Å². The smallest absolute Gasteiger partial charge is 0.471 e. The molecule has 0 radical (unpaired) electrons. The molecule has 1 heterocycles. The van der Waals surface area contributed by atoms with Crippen LogP contribution in [0.5, 0.6) is 11.5 Å². The fourth-order valence-corrected chi connectivity index (χ4v) is 2.85. The van der Waals surface area contributed by atoms with Crippen molar-refractivity contribution in [2.75, 3.05) is 26.1 Å². The standard InChI is InChI=1S/C15H16ClF3N2O4/c1-24-11-7-9(12(25-2)6-8(11)16)20-13(22)10-4-3-5-21(10)14(23)15(17,18)19/h6-7,10H,3-5H2,1-2H3,(H,20,22). The van der Waals surface area contributed by atoms with Gasteiger partial charge in [0.2, 0.25) is 5.91 Å². The van der Waals surface area contributed by atoms with Gasteiger partial charge in [0, 0.05) is 18.7 Å². The number of alkyl halides is 3. The molecule has 138 valence electrons. The summed E-state index contributed by atoms with van der Waals surface area (Å²) in [6, 6.07) is 1.59. The van der Waals surface area contributed by atoms with Gasteiger partial charge in [-0.15, -0.1) is 0 Å². The lowest BCUT2D eigenvalue weighted by atomic mass is 10.2. The maximum absolute atomic E-state index is 12.7. The van der Waals surface area contributed by atoms with Gasteiger partial charge in [-0.25, -0.2) is 0 Å². The van der Waals surface area contributed by atoms with Crippen LogP contribution in [-0.4, -0.2) is 49.7 Å². The van der Waals surface area contributed by atoms with Crippen LogP contribution in [0, 0.1) is 0 Å². The van der Waals surface area contributed by atoms with Gasteiger partial charge in [-0.1, -0.05) is 11.6 Å². The second-order valence-electron chi connectivity index (χ2n) is 5.33. The van der Waals surface area contributed by atoms with Crippen LogP contribution in [0.15, 0.2) is 12.1 Å². The summed E-state index contributed by atoms with van der Waals surface area (Å²) in [6.07, 6.45) is -4.58. The first-order valence-electron chi connectivity index (χ1n) is 7.29. The van der Waals surface area contributed by atoms with E-state index in [0.717, 1.165) is 0 Å². The van der Waals surface area contributed by atoms with E-state index in [1.165, 1.54) is 26.4 Å². The highest BCUT2D eigenvalue weighted by molar-refractivity contribution is 6.32. The summed E-state index contributed by atoms with van der Waals surface area (Å²) in [6.45, 7) is -0.127. The molecular formula is C15H16ClF3N2O4. The average molecular weight is 381 g/mol. The average Bonchev–Trinajstić information content (AvgIpc) is 3.03. The Morgan fingerprint density at radius 1 is 1.24 bits per heavy atom. The lowest BCUT2D eigenvalue weighted by molar-refractivity contribution is -0.186. The summed E-state index contributed by atoms with van der Waals surface area (Å²) in [7, 11) is 2.73. The molecule has 1 aromatic carbocycles. The summed E-state index contributed by atoms with van der Waals surface area (Å²) in [5.74, 6) is -2.29. The number of ether oxygens (including phenoxy) is 2. The number of nitrogens with one attached hydrogen (secondary N) is 1. The first kappa shape index (κ1) is 19.2. The third-order valence-electron chi connectivity index (χ3n) is 3.79. The Labute approximate surface area is 146 Å². The Kier molecular flexibility index (Phi) is 5.66. The first-order valence-corrected chi connectivity index (χ1v) is 7.67. The van der Waals surface area contributed by atoms with Crippen LogP contribution in [0.1, 0.15) is 12.8 Å². The fourth-order valence-electron chi connectivity index (χ4n) is 2.62. The quantitative estimate of drug-likeness (QED) is 0.872. The molecule has 1 atom stereocenters. The Morgan fingerprint density at radius 3 is 2.44 bits per heavy atom. The molecule has 1 N–H and O–H groups in total. The number of nitrogens with zero attached hydrogens (tertiary/aromatic N) is 1. The van der Waals surface area contributed by atoms with Crippen LogP contribution in [0.25, 0.3) is 0 Å². The molecule has 1 aliphatic rings. The van der Waals surface area contributed by atoms with Crippen molar-refractivity contribution in [2.24, 2.45) is 0 Å². The zero-order valence-corrected chi connectivity index (χ0v) is 14.2. The minimum absolute atomic E-state index is 0.127. The monoisotopic (exact) mass is 380 g/mol. The van der Waals surface area contributed by atoms with Crippen LogP contribution in [0.3, 0.4) is 0 Å². The molecule has 25 heavy (non-hydrogen) atoms. The molecule has 1 aromatic rings. The van der Waals surface area contributed by atoms with Gasteiger partial charge in [0.25, 0.3) is 0 Å². The Hall–Kier alpha value is -2.16. The normalized spacial score (nSPS) is 17.4. The predicted octanol–water partition coefficient (Wildman–Crippen LogP) is 2.85. The largest absolute Gasteiger partial charge is 0.495 e. The molecule has 10 heteroatoms. The van der Waals surface area contributed by atoms with Crippen molar-refractivity contribution in [3.8, 4) is 11.5 Å². The van der Waals surface area contributed by atoms with Crippen molar-refractivity contribution in [2.45, 2.75) is 25.1 Å². The van der Waals surface area contributed by atoms with Crippen LogP contribution in [0.2, 0.25) is 5.02 Å². The highest BCUT2D eigenvalue weighted by atomic mass is 35.5. The van der Waals surface area contributed by atoms with Gasteiger partial charge < -0.3 is 19.7 Å². The van der Waals surface area contributed by atoms with E-state index < -0.39 is 24.0 Å². The van der Waals surface area contributed by atoms with E-state index in [0.29, 0.717) is 11.3 Å². The molecule has 0 spiro atoms. The minimum atomic E-state index is -5.02. The topological polar surface area (TPSA) is 67.9 Å². The fraction of sp³-hybridized carbons (Fsp3) is 0.467. The molecular weight excluding hydrogens is 365 g/mol. The summed E-state index contributed by atoms with van der Waals surface area (Å²) in [5.41, 5.74) is 0.181. The highest BCUT2D eigenvalue weighted by Crippen LogP contribution is 2.36. The van der Waals surface area contributed by atoms with Gasteiger partial charge in [-0.2, -0.15) is 13.2 Å². The van der Waals surface area contributed by atoms with E-state index in [4.69, 9.17) is 21.1 Å². The van der Waals surface area contributed by atoms with Crippen LogP contribution in [0.4, 0.5) is 18.9 Å². The van der Waals surface area contributed by atoms with Crippen molar-refractivity contribution in [3.05, 3.63) is 17.2 Å². The summed E-state index contributed by atoms with van der Waals surface area (Å²) >= 11 is 5.96. The second-order valence-corrected chi connectivity index (χ2v) is 5.74. The lowest BCUT2D eigenvalue weighted by Crippen LogP contribution is -2.48. The van der Waals surface area contributed by atoms with Crippen molar-refractivity contribution < 1.29 is 32.2 Å². The third kappa shape index (κ3) is 4.09. The van der Waals surface area contributed by atoms with E-state index in [2.05, 4.69) is 5.32 Å². The molecule has 2 rings (SSSR count). The molecule has 0 aromatic heterocycles. The number of carbonyl (C=O) groups is 2. The maximum Gasteiger partial charge on any atom is 0.471 e. The minimum Gasteiger partial charge on any atom is -0.495 e. The summed E-state index contributed by atoms with van der Waals surface area (Å²) in [4.78, 5) is 24.4. The SMILES string of the molecule is COc1cc(NC(=O)C2CCCN2C(=O)C(F)(F)F)c(OC)cc1Cl. The van der Waals surface area contributed by atoms with Gasteiger partial charge in [0.15, 0.2) is 0 Å². The lowest BCUT2D eigenvalue weighted by Gasteiger charge is -2.25. The van der Waals surface area contributed by atoms with Gasteiger partial charge in [-0.05, 0) is 12.8 Å². The number of methoxy groups -OCH3 is 2. The summed E-state index contributed by atoms with van der Waals surface area (Å²) < 4.78 is 48.1. The van der Waals surface area contributed by atoms with Crippen LogP contribution in [-0.2, 0) is 9.59 Å². The zero-order valence-electron chi connectivity index (χ0n) is 13.4. The molecule has 6 nitrogen and oxygen atoms in total. The second kappa shape index (κ2) is 7.38. The Balaban J connectivity index is 2.23. The first-order chi connectivity index (χ1) is 11.7. The number of hydrogen-bond acceptors (Lipinski definition) is 4. The molecule has 1 unspecified atom stereocenters. The van der Waals surface area contributed by atoms with Crippen molar-refractivity contribution in [1.82, 2.24) is 4.90 Å². The van der Waals surface area contributed by atoms with Crippen LogP contribution < -0.4 is 14.8 Å². The van der Waals surface area contributed by atoms with E-state index in [9.17, 15) is 22.8 Å². The number of rotatable bonds is 4. The van der Waals surface area contributed by atoms with Crippen molar-refractivity contribution >= 4 is 29.1 Å². The Morgan fingerprint density at radius 2 is 1.88 bits per heavy atom. The number of hydrogen-bond donors (Lipinski definition) is 1. The van der Waals surface area contributed by atoms with E-state index >= 15 is 0 Å². The molecule has 0 aliphatic carbocycles. The summed E-state index contributed by atoms with van der Waals surface area (Å²) in [5, 5.41) is 2.72. The number of anilines is 1. The number of amides is 2. The third-order valence-corrected chi connectivity index (χ3v) is 4.09. The highest BCUT2D eigenvalue weighted by Gasteiger charge is 2.47. The number of carbonyl (C=O) groups excluding carboxylic acids is 2. The predicted molar refractivity (Wildman–Crippen MR) is 84.0 cm³/mol. The molecule has 1 saturated heterocycles. The molecule has 0 saturated carbocycles. The van der Waals surface area contributed by atoms with E-state index in [1.54, 1.807) is 0 Å². The van der Waals surface area contributed by atoms with Gasteiger partial charge in [-0.3, -0.25) is 9.59 Å². The number of halogens is 4. The van der Waals surface area contributed by atoms with Crippen LogP contribution >= 0.6 is 11.6 Å². The molecule has 1 fully saturated rings. The molecule has 1 aliphatic heterocycles. The van der Waals surface area contributed by atoms with Crippen molar-refractivity contribution in [1.29, 1.82) is 0 Å². The zero-order chi connectivity index (χ0) is 18.8. The molecule has 0 bridgehead atoms. The number of likely N-dealkylation sites (tertiary alicyclic amines) is 1. The van der Waals surface area contributed by atoms with Crippen molar-refractivity contribution in [3.63, 3.8) is 0 Å². The van der Waals surface area contributed by atoms with E-state index in [1.807, 2.05) is 0 Å². The van der Waals surface area contributed by atoms with Gasteiger partial charge in [0.1, 0.15) is 17.5 Å².